The van der Waals surface area contributed by atoms with Crippen molar-refractivity contribution in [2.75, 3.05) is 13.6 Å². The minimum Gasteiger partial charge on any atom is -0.480 e. The van der Waals surface area contributed by atoms with Crippen LogP contribution >= 0.6 is 0 Å². The highest BCUT2D eigenvalue weighted by Crippen LogP contribution is 2.18. The van der Waals surface area contributed by atoms with Crippen molar-refractivity contribution in [3.63, 3.8) is 0 Å². The number of carboxylic acid groups (broad SMARTS) is 1. The second kappa shape index (κ2) is 5.11. The first-order valence-corrected chi connectivity index (χ1v) is 5.28. The van der Waals surface area contributed by atoms with Gasteiger partial charge in [0.1, 0.15) is 6.04 Å². The van der Waals surface area contributed by atoms with Crippen LogP contribution in [0.25, 0.3) is 0 Å². The van der Waals surface area contributed by atoms with Gasteiger partial charge in [-0.25, -0.2) is 4.79 Å². The lowest BCUT2D eigenvalue weighted by molar-refractivity contribution is -0.152. The van der Waals surface area contributed by atoms with E-state index >= 15 is 0 Å². The Kier molecular flexibility index (Phi) is 4.08. The molecule has 2 N–H and O–H groups in total. The first-order chi connectivity index (χ1) is 7.07. The third kappa shape index (κ3) is 2.68. The minimum absolute atomic E-state index is 0.121. The molecule has 1 unspecified atom stereocenters. The zero-order valence-electron chi connectivity index (χ0n) is 9.19. The molecule has 0 radical (unpaired) electrons. The fourth-order valence-corrected chi connectivity index (χ4v) is 1.82. The summed E-state index contributed by atoms with van der Waals surface area (Å²) in [6.07, 6.45) is 2.35. The summed E-state index contributed by atoms with van der Waals surface area (Å²) in [7, 11) is 1.70. The van der Waals surface area contributed by atoms with E-state index in [0.29, 0.717) is 13.0 Å². The molecule has 86 valence electrons. The Morgan fingerprint density at radius 2 is 2.13 bits per heavy atom. The molecule has 15 heavy (non-hydrogen) atoms. The van der Waals surface area contributed by atoms with E-state index in [9.17, 15) is 9.59 Å². The topological polar surface area (TPSA) is 69.6 Å². The first-order valence-electron chi connectivity index (χ1n) is 5.28. The number of carbonyl (C=O) groups excluding carboxylic acids is 1. The average molecular weight is 214 g/mol. The third-order valence-electron chi connectivity index (χ3n) is 2.87. The maximum atomic E-state index is 11.8. The minimum atomic E-state index is -0.897. The molecule has 1 saturated heterocycles. The highest BCUT2D eigenvalue weighted by atomic mass is 16.4. The van der Waals surface area contributed by atoms with E-state index in [2.05, 4.69) is 5.32 Å². The molecule has 1 rings (SSSR count). The van der Waals surface area contributed by atoms with Gasteiger partial charge in [-0.1, -0.05) is 0 Å². The summed E-state index contributed by atoms with van der Waals surface area (Å²) in [4.78, 5) is 24.3. The van der Waals surface area contributed by atoms with Gasteiger partial charge in [-0.2, -0.15) is 0 Å². The van der Waals surface area contributed by atoms with Crippen molar-refractivity contribution in [1.82, 2.24) is 10.2 Å². The summed E-state index contributed by atoms with van der Waals surface area (Å²) in [5, 5.41) is 11.8. The van der Waals surface area contributed by atoms with Crippen molar-refractivity contribution >= 4 is 11.9 Å². The van der Waals surface area contributed by atoms with Gasteiger partial charge in [0, 0.05) is 6.54 Å². The van der Waals surface area contributed by atoms with Crippen molar-refractivity contribution in [3.8, 4) is 0 Å². The molecular weight excluding hydrogens is 196 g/mol. The number of rotatable bonds is 3. The number of piperidine rings is 1. The van der Waals surface area contributed by atoms with Crippen LogP contribution in [0, 0.1) is 0 Å². The van der Waals surface area contributed by atoms with Crippen molar-refractivity contribution < 1.29 is 14.7 Å². The third-order valence-corrected chi connectivity index (χ3v) is 2.87. The Balaban J connectivity index is 2.71. The van der Waals surface area contributed by atoms with E-state index in [1.165, 1.54) is 4.90 Å². The smallest absolute Gasteiger partial charge is 0.326 e. The number of likely N-dealkylation sites (N-methyl/N-ethyl adjacent to an activating group) is 1. The highest BCUT2D eigenvalue weighted by molar-refractivity contribution is 5.86. The number of nitrogens with one attached hydrogen (secondary N) is 1. The van der Waals surface area contributed by atoms with Gasteiger partial charge in [0.25, 0.3) is 0 Å². The predicted octanol–water partition coefficient (Wildman–Crippen LogP) is 0.0600. The summed E-state index contributed by atoms with van der Waals surface area (Å²) in [5.74, 6) is -1.02. The van der Waals surface area contributed by atoms with E-state index in [0.717, 1.165) is 12.8 Å². The van der Waals surface area contributed by atoms with Crippen LogP contribution in [0.5, 0.6) is 0 Å². The Labute approximate surface area is 89.4 Å². The fraction of sp³-hybridized carbons (Fsp3) is 0.800. The predicted molar refractivity (Wildman–Crippen MR) is 55.5 cm³/mol. The van der Waals surface area contributed by atoms with Gasteiger partial charge in [-0.05, 0) is 33.2 Å². The molecule has 0 saturated carbocycles. The molecule has 1 fully saturated rings. The SMILES string of the molecule is CNC(C)C(=O)N1CCCC[C@@H]1C(=O)O. The van der Waals surface area contributed by atoms with Crippen LogP contribution in [-0.2, 0) is 9.59 Å². The summed E-state index contributed by atoms with van der Waals surface area (Å²) in [5.41, 5.74) is 0. The van der Waals surface area contributed by atoms with Crippen LogP contribution in [0.4, 0.5) is 0 Å². The van der Waals surface area contributed by atoms with Gasteiger partial charge in [0.15, 0.2) is 0 Å². The maximum Gasteiger partial charge on any atom is 0.326 e. The standard InChI is InChI=1S/C10H18N2O3/c1-7(11-2)9(13)12-6-4-3-5-8(12)10(14)15/h7-8,11H,3-6H2,1-2H3,(H,14,15)/t7?,8-/m1/s1. The molecule has 0 bridgehead atoms. The summed E-state index contributed by atoms with van der Waals surface area (Å²) in [6.45, 7) is 2.30. The molecule has 0 aromatic heterocycles. The molecule has 0 aromatic carbocycles. The number of amides is 1. The molecule has 0 aliphatic carbocycles. The van der Waals surface area contributed by atoms with Crippen molar-refractivity contribution in [1.29, 1.82) is 0 Å². The number of aliphatic carboxylic acids is 1. The monoisotopic (exact) mass is 214 g/mol. The van der Waals surface area contributed by atoms with Crippen molar-refractivity contribution in [2.45, 2.75) is 38.3 Å². The van der Waals surface area contributed by atoms with Crippen molar-refractivity contribution in [3.05, 3.63) is 0 Å². The largest absolute Gasteiger partial charge is 0.480 e. The van der Waals surface area contributed by atoms with Gasteiger partial charge in [-0.15, -0.1) is 0 Å². The number of carbonyl (C=O) groups is 2. The van der Waals surface area contributed by atoms with Gasteiger partial charge in [0.05, 0.1) is 6.04 Å². The molecule has 0 spiro atoms. The van der Waals surface area contributed by atoms with E-state index in [4.69, 9.17) is 5.11 Å². The molecule has 1 amide bonds. The Bertz CT molecular complexity index is 255. The van der Waals surface area contributed by atoms with Crippen LogP contribution in [-0.4, -0.2) is 47.6 Å². The number of nitrogens with zero attached hydrogens (tertiary/aromatic N) is 1. The summed E-state index contributed by atoms with van der Waals surface area (Å²) < 4.78 is 0. The van der Waals surface area contributed by atoms with E-state index in [1.54, 1.807) is 14.0 Å². The molecule has 1 aliphatic rings. The second-order valence-corrected chi connectivity index (χ2v) is 3.89. The molecule has 5 heteroatoms. The lowest BCUT2D eigenvalue weighted by Gasteiger charge is -2.34. The summed E-state index contributed by atoms with van der Waals surface area (Å²) >= 11 is 0. The van der Waals surface area contributed by atoms with Gasteiger partial charge in [0.2, 0.25) is 5.91 Å². The zero-order chi connectivity index (χ0) is 11.4. The fourth-order valence-electron chi connectivity index (χ4n) is 1.82. The number of hydrogen-bond acceptors (Lipinski definition) is 3. The lowest BCUT2D eigenvalue weighted by atomic mass is 10.0. The van der Waals surface area contributed by atoms with Gasteiger partial charge < -0.3 is 15.3 Å². The number of hydrogen-bond donors (Lipinski definition) is 2. The van der Waals surface area contributed by atoms with Crippen LogP contribution in [0.2, 0.25) is 0 Å². The quantitative estimate of drug-likeness (QED) is 0.697. The summed E-state index contributed by atoms with van der Waals surface area (Å²) in [6, 6.07) is -0.952. The zero-order valence-corrected chi connectivity index (χ0v) is 9.19. The van der Waals surface area contributed by atoms with Gasteiger partial charge >= 0.3 is 5.97 Å². The van der Waals surface area contributed by atoms with Crippen LogP contribution in [0.1, 0.15) is 26.2 Å². The Morgan fingerprint density at radius 3 is 2.67 bits per heavy atom. The number of carboxylic acids is 1. The molecule has 2 atom stereocenters. The van der Waals surface area contributed by atoms with Crippen LogP contribution in [0.15, 0.2) is 0 Å². The molecule has 1 heterocycles. The highest BCUT2D eigenvalue weighted by Gasteiger charge is 2.33. The molecule has 1 aliphatic heterocycles. The first kappa shape index (κ1) is 12.0. The average Bonchev–Trinajstić information content (AvgIpc) is 2.27. The Hall–Kier alpha value is -1.10. The van der Waals surface area contributed by atoms with Crippen molar-refractivity contribution in [2.24, 2.45) is 0 Å². The van der Waals surface area contributed by atoms with E-state index in [1.807, 2.05) is 0 Å². The number of likely N-dealkylation sites (tertiary alicyclic amines) is 1. The van der Waals surface area contributed by atoms with Crippen LogP contribution < -0.4 is 5.32 Å². The lowest BCUT2D eigenvalue weighted by Crippen LogP contribution is -2.53. The molecule has 0 aromatic rings. The second-order valence-electron chi connectivity index (χ2n) is 3.89. The normalized spacial score (nSPS) is 23.6. The maximum absolute atomic E-state index is 11.8. The van der Waals surface area contributed by atoms with Gasteiger partial charge in [-0.3, -0.25) is 4.79 Å². The Morgan fingerprint density at radius 1 is 1.47 bits per heavy atom. The van der Waals surface area contributed by atoms with E-state index < -0.39 is 12.0 Å². The molecular formula is C10H18N2O3. The molecule has 5 nitrogen and oxygen atoms in total. The van der Waals surface area contributed by atoms with E-state index in [-0.39, 0.29) is 11.9 Å². The van der Waals surface area contributed by atoms with Crippen LogP contribution in [0.3, 0.4) is 0 Å².